The number of carboxylic acids is 1. The van der Waals surface area contributed by atoms with Crippen LogP contribution in [0.15, 0.2) is 0 Å². The summed E-state index contributed by atoms with van der Waals surface area (Å²) in [6, 6.07) is 0. The Morgan fingerprint density at radius 3 is 2.08 bits per heavy atom. The molecule has 4 aliphatic rings. The second kappa shape index (κ2) is 5.89. The second-order valence-corrected chi connectivity index (χ2v) is 8.60. The molecule has 0 aliphatic heterocycles. The molecule has 0 aromatic carbocycles. The fourth-order valence-electron chi connectivity index (χ4n) is 5.27. The normalized spacial score (nSPS) is 35.9. The van der Waals surface area contributed by atoms with Crippen LogP contribution in [0.3, 0.4) is 0 Å². The summed E-state index contributed by atoms with van der Waals surface area (Å²) >= 11 is 0. The van der Waals surface area contributed by atoms with Gasteiger partial charge in [0.2, 0.25) is 0 Å². The fraction of sp³-hybridized carbons (Fsp3) is 0.833. The van der Waals surface area contributed by atoms with Crippen LogP contribution in [0.4, 0.5) is 8.78 Å². The number of ether oxygens (including phenoxy) is 2. The number of hydrogen-bond acceptors (Lipinski definition) is 5. The lowest BCUT2D eigenvalue weighted by Gasteiger charge is -2.58. The minimum atomic E-state index is -4.19. The van der Waals surface area contributed by atoms with Gasteiger partial charge in [-0.1, -0.05) is 0 Å². The number of esters is 2. The van der Waals surface area contributed by atoms with E-state index in [0.29, 0.717) is 19.3 Å². The van der Waals surface area contributed by atoms with Crippen molar-refractivity contribution >= 4 is 17.9 Å². The molecule has 4 rings (SSSR count). The smallest absolute Gasteiger partial charge is 0.380 e. The molecule has 4 saturated carbocycles. The van der Waals surface area contributed by atoms with Crippen molar-refractivity contribution in [2.75, 3.05) is 0 Å². The van der Waals surface area contributed by atoms with Crippen molar-refractivity contribution in [2.24, 2.45) is 23.2 Å². The van der Waals surface area contributed by atoms with E-state index in [1.54, 1.807) is 0 Å². The van der Waals surface area contributed by atoms with Gasteiger partial charge >= 0.3 is 23.8 Å². The number of carboxylic acid groups (broad SMARTS) is 1. The number of carbonyl (C=O) groups excluding carboxylic acids is 2. The molecule has 0 saturated heterocycles. The second-order valence-electron chi connectivity index (χ2n) is 8.60. The predicted molar refractivity (Wildman–Crippen MR) is 84.3 cm³/mol. The molecule has 0 spiro atoms. The topological polar surface area (TPSA) is 89.9 Å². The zero-order valence-electron chi connectivity index (χ0n) is 15.1. The van der Waals surface area contributed by atoms with Gasteiger partial charge < -0.3 is 14.6 Å². The maximum absolute atomic E-state index is 13.9. The molecule has 0 heterocycles. The third-order valence-electron chi connectivity index (χ3n) is 6.29. The lowest BCUT2D eigenvalue weighted by molar-refractivity contribution is -0.230. The molecule has 0 aromatic rings. The van der Waals surface area contributed by atoms with E-state index in [1.807, 2.05) is 0 Å². The first-order valence-electron chi connectivity index (χ1n) is 8.90. The standard InChI is InChI=1S/C18H24F2O6/c1-9(21)25-13-11-4-10-5-12(13)8-17(6-10,7-11)15(24)26-16(2,3)18(19,20)14(22)23/h10-13H,4-8H2,1-3H3,(H,22,23). The quantitative estimate of drug-likeness (QED) is 0.745. The minimum Gasteiger partial charge on any atom is -0.477 e. The van der Waals surface area contributed by atoms with Gasteiger partial charge in [-0.15, -0.1) is 0 Å². The van der Waals surface area contributed by atoms with E-state index in [4.69, 9.17) is 14.6 Å². The monoisotopic (exact) mass is 374 g/mol. The zero-order chi connectivity index (χ0) is 19.5. The van der Waals surface area contributed by atoms with Gasteiger partial charge in [0.15, 0.2) is 5.60 Å². The highest BCUT2D eigenvalue weighted by Crippen LogP contribution is 2.61. The number of rotatable bonds is 5. The van der Waals surface area contributed by atoms with Crippen LogP contribution in [0.2, 0.25) is 0 Å². The average molecular weight is 374 g/mol. The van der Waals surface area contributed by atoms with Crippen LogP contribution in [-0.4, -0.2) is 40.6 Å². The summed E-state index contributed by atoms with van der Waals surface area (Å²) in [5, 5.41) is 8.75. The number of halogens is 2. The summed E-state index contributed by atoms with van der Waals surface area (Å²) in [4.78, 5) is 35.1. The van der Waals surface area contributed by atoms with Crippen molar-refractivity contribution < 1.29 is 37.7 Å². The van der Waals surface area contributed by atoms with E-state index in [2.05, 4.69) is 0 Å². The first-order valence-corrected chi connectivity index (χ1v) is 8.90. The van der Waals surface area contributed by atoms with Crippen LogP contribution >= 0.6 is 0 Å². The number of hydrogen-bond donors (Lipinski definition) is 1. The van der Waals surface area contributed by atoms with E-state index >= 15 is 0 Å². The van der Waals surface area contributed by atoms with Gasteiger partial charge in [-0.2, -0.15) is 8.78 Å². The number of carbonyl (C=O) groups is 3. The molecule has 0 radical (unpaired) electrons. The Kier molecular flexibility index (Phi) is 4.31. The van der Waals surface area contributed by atoms with Crippen molar-refractivity contribution in [3.63, 3.8) is 0 Å². The molecule has 0 amide bonds. The van der Waals surface area contributed by atoms with Crippen LogP contribution < -0.4 is 0 Å². The molecule has 4 fully saturated rings. The minimum absolute atomic E-state index is 0.0146. The molecule has 26 heavy (non-hydrogen) atoms. The third-order valence-corrected chi connectivity index (χ3v) is 6.29. The summed E-state index contributed by atoms with van der Waals surface area (Å²) in [5.74, 6) is -7.33. The summed E-state index contributed by atoms with van der Waals surface area (Å²) < 4.78 is 38.4. The molecular weight excluding hydrogens is 350 g/mol. The lowest BCUT2D eigenvalue weighted by atomic mass is 9.48. The number of alkyl halides is 2. The van der Waals surface area contributed by atoms with Crippen molar-refractivity contribution in [1.29, 1.82) is 0 Å². The molecule has 8 heteroatoms. The lowest BCUT2D eigenvalue weighted by Crippen LogP contribution is -2.60. The fourth-order valence-corrected chi connectivity index (χ4v) is 5.27. The summed E-state index contributed by atoms with van der Waals surface area (Å²) in [6.07, 6.45) is 2.85. The SMILES string of the molecule is CC(=O)OC1C2CC3CC1CC(C(=O)OC(C)(C)C(F)(F)C(=O)O)(C3)C2. The van der Waals surface area contributed by atoms with Gasteiger partial charge in [0.25, 0.3) is 0 Å². The Bertz CT molecular complexity index is 628. The van der Waals surface area contributed by atoms with E-state index in [0.717, 1.165) is 26.7 Å². The molecule has 4 aliphatic carbocycles. The highest BCUT2D eigenvalue weighted by atomic mass is 19.3. The predicted octanol–water partition coefficient (Wildman–Crippen LogP) is 2.79. The van der Waals surface area contributed by atoms with Crippen LogP contribution in [0, 0.1) is 23.2 Å². The van der Waals surface area contributed by atoms with Crippen LogP contribution in [0.1, 0.15) is 52.9 Å². The highest BCUT2D eigenvalue weighted by molar-refractivity contribution is 5.81. The first-order chi connectivity index (χ1) is 11.9. The van der Waals surface area contributed by atoms with E-state index < -0.39 is 28.9 Å². The van der Waals surface area contributed by atoms with Gasteiger partial charge in [0, 0.05) is 6.92 Å². The van der Waals surface area contributed by atoms with Gasteiger partial charge in [0.1, 0.15) is 6.10 Å². The summed E-state index contributed by atoms with van der Waals surface area (Å²) in [6.45, 7) is 3.19. The van der Waals surface area contributed by atoms with Crippen LogP contribution in [0.5, 0.6) is 0 Å². The molecular formula is C18H24F2O6. The van der Waals surface area contributed by atoms with Gasteiger partial charge in [-0.25, -0.2) is 4.79 Å². The number of aliphatic carboxylic acids is 1. The molecule has 2 unspecified atom stereocenters. The van der Waals surface area contributed by atoms with Crippen LogP contribution in [-0.2, 0) is 23.9 Å². The molecule has 146 valence electrons. The van der Waals surface area contributed by atoms with Crippen molar-refractivity contribution in [3.8, 4) is 0 Å². The average Bonchev–Trinajstić information content (AvgIpc) is 2.49. The van der Waals surface area contributed by atoms with Gasteiger partial charge in [0.05, 0.1) is 5.41 Å². The van der Waals surface area contributed by atoms with E-state index in [1.165, 1.54) is 6.92 Å². The Morgan fingerprint density at radius 1 is 1.08 bits per heavy atom. The van der Waals surface area contributed by atoms with Crippen molar-refractivity contribution in [2.45, 2.75) is 70.5 Å². The molecule has 6 nitrogen and oxygen atoms in total. The Hall–Kier alpha value is -1.73. The summed E-state index contributed by atoms with van der Waals surface area (Å²) in [5.41, 5.74) is -3.34. The van der Waals surface area contributed by atoms with Gasteiger partial charge in [-0.3, -0.25) is 9.59 Å². The van der Waals surface area contributed by atoms with Crippen LogP contribution in [0.25, 0.3) is 0 Å². The van der Waals surface area contributed by atoms with Crippen molar-refractivity contribution in [1.82, 2.24) is 0 Å². The van der Waals surface area contributed by atoms with E-state index in [9.17, 15) is 23.2 Å². The Balaban J connectivity index is 1.79. The molecule has 2 atom stereocenters. The Morgan fingerprint density at radius 2 is 1.62 bits per heavy atom. The molecule has 1 N–H and O–H groups in total. The first kappa shape index (κ1) is 19.0. The highest BCUT2D eigenvalue weighted by Gasteiger charge is 2.63. The van der Waals surface area contributed by atoms with Crippen molar-refractivity contribution in [3.05, 3.63) is 0 Å². The van der Waals surface area contributed by atoms with E-state index in [-0.39, 0.29) is 29.8 Å². The third kappa shape index (κ3) is 2.87. The largest absolute Gasteiger partial charge is 0.477 e. The zero-order valence-corrected chi connectivity index (χ0v) is 15.1. The van der Waals surface area contributed by atoms with Gasteiger partial charge in [-0.05, 0) is 63.7 Å². The Labute approximate surface area is 150 Å². The summed E-state index contributed by atoms with van der Waals surface area (Å²) in [7, 11) is 0. The molecule has 4 bridgehead atoms. The molecule has 0 aromatic heterocycles. The maximum atomic E-state index is 13.9. The maximum Gasteiger partial charge on any atom is 0.380 e.